The summed E-state index contributed by atoms with van der Waals surface area (Å²) in [6.07, 6.45) is 1.57. The molecule has 2 aromatic rings. The summed E-state index contributed by atoms with van der Waals surface area (Å²) < 4.78 is 0. The van der Waals surface area contributed by atoms with E-state index in [9.17, 15) is 10.1 Å². The molecule has 4 nitrogen and oxygen atoms in total. The Bertz CT molecular complexity index is 647. The average molecular weight is 337 g/mol. The smallest absolute Gasteiger partial charge is 0.269 e. The zero-order chi connectivity index (χ0) is 15.9. The van der Waals surface area contributed by atoms with Gasteiger partial charge in [0.25, 0.3) is 5.69 Å². The second kappa shape index (κ2) is 8.17. The van der Waals surface area contributed by atoms with Crippen LogP contribution in [0.2, 0.25) is 5.02 Å². The first-order valence-corrected chi connectivity index (χ1v) is 8.31. The Morgan fingerprint density at radius 2 is 1.91 bits per heavy atom. The highest BCUT2D eigenvalue weighted by molar-refractivity contribution is 7.98. The first-order chi connectivity index (χ1) is 10.6. The van der Waals surface area contributed by atoms with Crippen LogP contribution >= 0.6 is 23.4 Å². The summed E-state index contributed by atoms with van der Waals surface area (Å²) in [4.78, 5) is 11.6. The fourth-order valence-electron chi connectivity index (χ4n) is 2.05. The third-order valence-electron chi connectivity index (χ3n) is 3.21. The van der Waals surface area contributed by atoms with Crippen LogP contribution in [0.5, 0.6) is 0 Å². The molecule has 0 saturated carbocycles. The normalized spacial score (nSPS) is 10.6. The number of nitrogens with zero attached hydrogens (tertiary/aromatic N) is 1. The molecule has 6 heteroatoms. The summed E-state index contributed by atoms with van der Waals surface area (Å²) in [5, 5.41) is 11.6. The molecule has 0 aliphatic carbocycles. The Hall–Kier alpha value is -1.56. The summed E-state index contributed by atoms with van der Waals surface area (Å²) >= 11 is 7.55. The monoisotopic (exact) mass is 336 g/mol. The van der Waals surface area contributed by atoms with Crippen molar-refractivity contribution in [2.45, 2.75) is 23.5 Å². The van der Waals surface area contributed by atoms with Crippen molar-refractivity contribution in [1.29, 1.82) is 0 Å². The third kappa shape index (κ3) is 4.73. The Labute approximate surface area is 138 Å². The summed E-state index contributed by atoms with van der Waals surface area (Å²) in [5.74, 6) is 0.796. The lowest BCUT2D eigenvalue weighted by atomic mass is 10.1. The first kappa shape index (κ1) is 16.8. The number of nitrogens with two attached hydrogens (primary N) is 1. The third-order valence-corrected chi connectivity index (χ3v) is 4.65. The molecule has 0 atom stereocenters. The van der Waals surface area contributed by atoms with Gasteiger partial charge in [-0.1, -0.05) is 23.7 Å². The van der Waals surface area contributed by atoms with E-state index in [4.69, 9.17) is 17.3 Å². The molecule has 0 heterocycles. The van der Waals surface area contributed by atoms with Crippen LogP contribution < -0.4 is 5.73 Å². The van der Waals surface area contributed by atoms with E-state index in [0.717, 1.165) is 34.6 Å². The van der Waals surface area contributed by atoms with Crippen molar-refractivity contribution in [3.63, 3.8) is 0 Å². The van der Waals surface area contributed by atoms with Crippen molar-refractivity contribution in [3.05, 3.63) is 68.7 Å². The quantitative estimate of drug-likeness (QED) is 0.461. The topological polar surface area (TPSA) is 69.2 Å². The number of benzene rings is 2. The van der Waals surface area contributed by atoms with Crippen LogP contribution in [0.25, 0.3) is 0 Å². The molecule has 0 bridgehead atoms. The maximum absolute atomic E-state index is 10.9. The summed E-state index contributed by atoms with van der Waals surface area (Å²) in [6.45, 7) is 0.573. The zero-order valence-corrected chi connectivity index (χ0v) is 13.6. The van der Waals surface area contributed by atoms with Crippen molar-refractivity contribution in [2.75, 3.05) is 6.54 Å². The van der Waals surface area contributed by atoms with E-state index >= 15 is 0 Å². The highest BCUT2D eigenvalue weighted by Gasteiger charge is 2.11. The molecule has 0 radical (unpaired) electrons. The van der Waals surface area contributed by atoms with E-state index in [1.165, 1.54) is 0 Å². The number of hydrogen-bond donors (Lipinski definition) is 1. The molecule has 2 aromatic carbocycles. The van der Waals surface area contributed by atoms with E-state index in [1.807, 2.05) is 30.3 Å². The zero-order valence-electron chi connectivity index (χ0n) is 12.0. The second-order valence-electron chi connectivity index (χ2n) is 4.86. The van der Waals surface area contributed by atoms with Gasteiger partial charge in [0.15, 0.2) is 0 Å². The van der Waals surface area contributed by atoms with Gasteiger partial charge in [-0.15, -0.1) is 11.8 Å². The van der Waals surface area contributed by atoms with E-state index < -0.39 is 0 Å². The Kier molecular flexibility index (Phi) is 6.24. The van der Waals surface area contributed by atoms with Crippen LogP contribution in [0.1, 0.15) is 17.5 Å². The SMILES string of the molecule is NCCCc1cc([N+](=O)[O-])ccc1SCc1ccc(Cl)cc1. The predicted molar refractivity (Wildman–Crippen MR) is 91.5 cm³/mol. The maximum Gasteiger partial charge on any atom is 0.269 e. The number of rotatable bonds is 7. The van der Waals surface area contributed by atoms with Gasteiger partial charge in [-0.25, -0.2) is 0 Å². The van der Waals surface area contributed by atoms with Crippen LogP contribution in [-0.4, -0.2) is 11.5 Å². The van der Waals surface area contributed by atoms with Gasteiger partial charge in [0, 0.05) is 27.8 Å². The molecule has 116 valence electrons. The summed E-state index contributed by atoms with van der Waals surface area (Å²) in [7, 11) is 0. The van der Waals surface area contributed by atoms with E-state index in [2.05, 4.69) is 0 Å². The fraction of sp³-hybridized carbons (Fsp3) is 0.250. The second-order valence-corrected chi connectivity index (χ2v) is 6.31. The molecule has 0 aliphatic rings. The molecule has 0 unspecified atom stereocenters. The van der Waals surface area contributed by atoms with Gasteiger partial charge in [0.1, 0.15) is 0 Å². The maximum atomic E-state index is 10.9. The van der Waals surface area contributed by atoms with Gasteiger partial charge < -0.3 is 5.73 Å². The summed E-state index contributed by atoms with van der Waals surface area (Å²) in [6, 6.07) is 12.7. The lowest BCUT2D eigenvalue weighted by Crippen LogP contribution is -2.02. The van der Waals surface area contributed by atoms with Gasteiger partial charge in [0.2, 0.25) is 0 Å². The van der Waals surface area contributed by atoms with Crippen molar-refractivity contribution in [2.24, 2.45) is 5.73 Å². The van der Waals surface area contributed by atoms with Gasteiger partial charge in [-0.2, -0.15) is 0 Å². The molecule has 0 saturated heterocycles. The lowest BCUT2D eigenvalue weighted by molar-refractivity contribution is -0.385. The number of nitro benzene ring substituents is 1. The van der Waals surface area contributed by atoms with E-state index in [-0.39, 0.29) is 10.6 Å². The van der Waals surface area contributed by atoms with Crippen molar-refractivity contribution in [3.8, 4) is 0 Å². The first-order valence-electron chi connectivity index (χ1n) is 6.95. The van der Waals surface area contributed by atoms with Crippen LogP contribution in [0.15, 0.2) is 47.4 Å². The number of non-ortho nitro benzene ring substituents is 1. The number of hydrogen-bond acceptors (Lipinski definition) is 4. The van der Waals surface area contributed by atoms with E-state index in [0.29, 0.717) is 11.6 Å². The molecular formula is C16H17ClN2O2S. The molecular weight excluding hydrogens is 320 g/mol. The predicted octanol–water partition coefficient (Wildman–Crippen LogP) is 4.43. The lowest BCUT2D eigenvalue weighted by Gasteiger charge is -2.09. The van der Waals surface area contributed by atoms with Crippen molar-refractivity contribution < 1.29 is 4.92 Å². The van der Waals surface area contributed by atoms with Crippen LogP contribution in [0.3, 0.4) is 0 Å². The summed E-state index contributed by atoms with van der Waals surface area (Å²) in [5.41, 5.74) is 7.83. The highest BCUT2D eigenvalue weighted by atomic mass is 35.5. The molecule has 0 aliphatic heterocycles. The molecule has 0 aromatic heterocycles. The van der Waals surface area contributed by atoms with Gasteiger partial charge in [-0.05, 0) is 48.7 Å². The molecule has 0 amide bonds. The van der Waals surface area contributed by atoms with Crippen molar-refractivity contribution >= 4 is 29.1 Å². The molecule has 0 spiro atoms. The minimum absolute atomic E-state index is 0.128. The van der Waals surface area contributed by atoms with Crippen molar-refractivity contribution in [1.82, 2.24) is 0 Å². The van der Waals surface area contributed by atoms with Crippen LogP contribution in [0.4, 0.5) is 5.69 Å². The number of aryl methyl sites for hydroxylation is 1. The van der Waals surface area contributed by atoms with Crippen LogP contribution in [0, 0.1) is 10.1 Å². The van der Waals surface area contributed by atoms with Gasteiger partial charge in [0.05, 0.1) is 4.92 Å². The Balaban J connectivity index is 2.14. The molecule has 2 N–H and O–H groups in total. The van der Waals surface area contributed by atoms with Crippen LogP contribution in [-0.2, 0) is 12.2 Å². The molecule has 2 rings (SSSR count). The molecule has 22 heavy (non-hydrogen) atoms. The largest absolute Gasteiger partial charge is 0.330 e. The number of thioether (sulfide) groups is 1. The highest BCUT2D eigenvalue weighted by Crippen LogP contribution is 2.30. The van der Waals surface area contributed by atoms with Gasteiger partial charge in [-0.3, -0.25) is 10.1 Å². The van der Waals surface area contributed by atoms with Gasteiger partial charge >= 0.3 is 0 Å². The molecule has 0 fully saturated rings. The minimum Gasteiger partial charge on any atom is -0.330 e. The fourth-order valence-corrected chi connectivity index (χ4v) is 3.20. The number of nitro groups is 1. The average Bonchev–Trinajstić information content (AvgIpc) is 2.52. The Morgan fingerprint density at radius 3 is 2.55 bits per heavy atom. The van der Waals surface area contributed by atoms with E-state index in [1.54, 1.807) is 23.9 Å². The number of halogens is 1. The Morgan fingerprint density at radius 1 is 1.18 bits per heavy atom. The minimum atomic E-state index is -0.362. The standard InChI is InChI=1S/C16H17ClN2O2S/c17-14-5-3-12(4-6-14)11-22-16-8-7-15(19(20)21)10-13(16)2-1-9-18/h3-8,10H,1-2,9,11,18H2.